The summed E-state index contributed by atoms with van der Waals surface area (Å²) in [6.45, 7) is 2.37. The third kappa shape index (κ3) is 3.57. The van der Waals surface area contributed by atoms with Crippen molar-refractivity contribution in [2.75, 3.05) is 6.54 Å². The van der Waals surface area contributed by atoms with Crippen LogP contribution in [0.3, 0.4) is 0 Å². The van der Waals surface area contributed by atoms with Gasteiger partial charge in [0.2, 0.25) is 0 Å². The first kappa shape index (κ1) is 17.7. The third-order valence-electron chi connectivity index (χ3n) is 4.94. The van der Waals surface area contributed by atoms with Gasteiger partial charge < -0.3 is 5.32 Å². The molecule has 2 aromatic heterocycles. The fourth-order valence-electron chi connectivity index (χ4n) is 3.16. The molecule has 1 saturated carbocycles. The van der Waals surface area contributed by atoms with Crippen LogP contribution in [0.2, 0.25) is 5.02 Å². The standard InChI is InChI=1S/C20H18ClFN4O/c1-13-10-26(12-25-13)18-17(21)8-14(9-23-18)19(27)24-11-20(6-7-20)15-2-4-16(22)5-3-15/h2-5,8-10,12H,6-7,11H2,1H3,(H,24,27). The first-order valence-electron chi connectivity index (χ1n) is 8.68. The number of aryl methyl sites for hydroxylation is 1. The molecule has 0 bridgehead atoms. The van der Waals surface area contributed by atoms with Crippen LogP contribution in [-0.2, 0) is 5.41 Å². The summed E-state index contributed by atoms with van der Waals surface area (Å²) >= 11 is 6.30. The second-order valence-electron chi connectivity index (χ2n) is 6.92. The maximum absolute atomic E-state index is 13.1. The van der Waals surface area contributed by atoms with E-state index in [0.717, 1.165) is 24.1 Å². The molecule has 0 radical (unpaired) electrons. The molecule has 0 aliphatic heterocycles. The summed E-state index contributed by atoms with van der Waals surface area (Å²) in [5.41, 5.74) is 2.20. The van der Waals surface area contributed by atoms with E-state index in [1.54, 1.807) is 29.1 Å². The van der Waals surface area contributed by atoms with Crippen molar-refractivity contribution < 1.29 is 9.18 Å². The Morgan fingerprint density at radius 2 is 2.04 bits per heavy atom. The van der Waals surface area contributed by atoms with Crippen molar-refractivity contribution in [1.29, 1.82) is 0 Å². The number of hydrogen-bond acceptors (Lipinski definition) is 3. The van der Waals surface area contributed by atoms with Gasteiger partial charge in [0.1, 0.15) is 12.1 Å². The molecule has 1 fully saturated rings. The van der Waals surface area contributed by atoms with Gasteiger partial charge in [-0.05, 0) is 43.5 Å². The molecule has 1 aliphatic rings. The molecule has 1 aliphatic carbocycles. The number of pyridine rings is 1. The van der Waals surface area contributed by atoms with Crippen LogP contribution in [0.25, 0.3) is 5.82 Å². The van der Waals surface area contributed by atoms with Crippen molar-refractivity contribution in [2.45, 2.75) is 25.2 Å². The van der Waals surface area contributed by atoms with E-state index in [1.807, 2.05) is 13.1 Å². The van der Waals surface area contributed by atoms with Gasteiger partial charge in [-0.1, -0.05) is 23.7 Å². The van der Waals surface area contributed by atoms with E-state index in [2.05, 4.69) is 15.3 Å². The van der Waals surface area contributed by atoms with Gasteiger partial charge in [-0.3, -0.25) is 9.36 Å². The molecule has 138 valence electrons. The number of hydrogen-bond donors (Lipinski definition) is 1. The molecule has 0 saturated heterocycles. The highest BCUT2D eigenvalue weighted by molar-refractivity contribution is 6.32. The number of nitrogens with one attached hydrogen (secondary N) is 1. The molecule has 2 heterocycles. The van der Waals surface area contributed by atoms with Gasteiger partial charge in [0.15, 0.2) is 5.82 Å². The molecular weight excluding hydrogens is 367 g/mol. The predicted molar refractivity (Wildman–Crippen MR) is 101 cm³/mol. The maximum Gasteiger partial charge on any atom is 0.252 e. The van der Waals surface area contributed by atoms with E-state index in [1.165, 1.54) is 18.3 Å². The Morgan fingerprint density at radius 1 is 1.30 bits per heavy atom. The fraction of sp³-hybridized carbons (Fsp3) is 0.250. The molecule has 5 nitrogen and oxygen atoms in total. The van der Waals surface area contributed by atoms with Crippen LogP contribution < -0.4 is 5.32 Å². The molecule has 7 heteroatoms. The number of benzene rings is 1. The summed E-state index contributed by atoms with van der Waals surface area (Å²) in [6.07, 6.45) is 6.88. The van der Waals surface area contributed by atoms with Gasteiger partial charge >= 0.3 is 0 Å². The second kappa shape index (κ2) is 6.78. The topological polar surface area (TPSA) is 59.8 Å². The first-order chi connectivity index (χ1) is 13.0. The Balaban J connectivity index is 1.46. The van der Waals surface area contributed by atoms with Crippen LogP contribution in [-0.4, -0.2) is 27.0 Å². The number of nitrogens with zero attached hydrogens (tertiary/aromatic N) is 3. The predicted octanol–water partition coefficient (Wildman–Crippen LogP) is 3.83. The van der Waals surface area contributed by atoms with E-state index in [4.69, 9.17) is 11.6 Å². The molecule has 1 N–H and O–H groups in total. The van der Waals surface area contributed by atoms with Gasteiger partial charge in [-0.25, -0.2) is 14.4 Å². The zero-order valence-corrected chi connectivity index (χ0v) is 15.5. The van der Waals surface area contributed by atoms with E-state index in [9.17, 15) is 9.18 Å². The highest BCUT2D eigenvalue weighted by atomic mass is 35.5. The minimum atomic E-state index is -0.257. The average molecular weight is 385 g/mol. The second-order valence-corrected chi connectivity index (χ2v) is 7.33. The molecule has 0 unspecified atom stereocenters. The number of carbonyl (C=O) groups excluding carboxylic acids is 1. The Morgan fingerprint density at radius 3 is 2.63 bits per heavy atom. The minimum Gasteiger partial charge on any atom is -0.351 e. The Hall–Kier alpha value is -2.73. The van der Waals surface area contributed by atoms with Crippen LogP contribution in [0.1, 0.15) is 34.5 Å². The summed E-state index contributed by atoms with van der Waals surface area (Å²) in [5.74, 6) is 0.0393. The molecule has 27 heavy (non-hydrogen) atoms. The third-order valence-corrected chi connectivity index (χ3v) is 5.22. The van der Waals surface area contributed by atoms with Gasteiger partial charge in [0.05, 0.1) is 16.3 Å². The van der Waals surface area contributed by atoms with Gasteiger partial charge in [-0.15, -0.1) is 0 Å². The molecule has 0 atom stereocenters. The number of carbonyl (C=O) groups is 1. The normalized spacial score (nSPS) is 14.8. The molecule has 1 amide bonds. The zero-order chi connectivity index (χ0) is 19.0. The lowest BCUT2D eigenvalue weighted by molar-refractivity contribution is 0.0949. The van der Waals surface area contributed by atoms with Gasteiger partial charge in [-0.2, -0.15) is 0 Å². The number of aromatic nitrogens is 3. The quantitative estimate of drug-likeness (QED) is 0.727. The van der Waals surface area contributed by atoms with Crippen LogP contribution in [0.15, 0.2) is 49.1 Å². The Kier molecular flexibility index (Phi) is 4.44. The number of halogens is 2. The smallest absolute Gasteiger partial charge is 0.252 e. The van der Waals surface area contributed by atoms with Crippen molar-refractivity contribution in [1.82, 2.24) is 19.9 Å². The summed E-state index contributed by atoms with van der Waals surface area (Å²) in [7, 11) is 0. The van der Waals surface area contributed by atoms with Crippen molar-refractivity contribution in [3.8, 4) is 5.82 Å². The van der Waals surface area contributed by atoms with Gasteiger partial charge in [0, 0.05) is 24.4 Å². The van der Waals surface area contributed by atoms with E-state index >= 15 is 0 Å². The Labute approximate surface area is 161 Å². The SMILES string of the molecule is Cc1cn(-c2ncc(C(=O)NCC3(c4ccc(F)cc4)CC3)cc2Cl)cn1. The van der Waals surface area contributed by atoms with Gasteiger partial charge in [0.25, 0.3) is 5.91 Å². The van der Waals surface area contributed by atoms with Crippen LogP contribution in [0.4, 0.5) is 4.39 Å². The lowest BCUT2D eigenvalue weighted by Gasteiger charge is -2.17. The summed E-state index contributed by atoms with van der Waals surface area (Å²) in [5, 5.41) is 3.33. The number of imidazole rings is 1. The van der Waals surface area contributed by atoms with E-state index < -0.39 is 0 Å². The highest BCUT2D eigenvalue weighted by Crippen LogP contribution is 2.47. The van der Waals surface area contributed by atoms with Crippen LogP contribution in [0.5, 0.6) is 0 Å². The molecule has 4 rings (SSSR count). The lowest BCUT2D eigenvalue weighted by Crippen LogP contribution is -2.32. The van der Waals surface area contributed by atoms with E-state index in [-0.39, 0.29) is 17.1 Å². The first-order valence-corrected chi connectivity index (χ1v) is 9.05. The fourth-order valence-corrected chi connectivity index (χ4v) is 3.42. The van der Waals surface area contributed by atoms with Crippen LogP contribution in [0, 0.1) is 12.7 Å². The number of rotatable bonds is 5. The number of amides is 1. The summed E-state index contributed by atoms with van der Waals surface area (Å²) < 4.78 is 14.8. The van der Waals surface area contributed by atoms with Crippen LogP contribution >= 0.6 is 11.6 Å². The largest absolute Gasteiger partial charge is 0.351 e. The van der Waals surface area contributed by atoms with Crippen molar-refractivity contribution in [3.05, 3.63) is 76.7 Å². The molecule has 3 aromatic rings. The maximum atomic E-state index is 13.1. The lowest BCUT2D eigenvalue weighted by atomic mass is 9.96. The average Bonchev–Trinajstić information content (AvgIpc) is 3.33. The van der Waals surface area contributed by atoms with Crippen molar-refractivity contribution >= 4 is 17.5 Å². The molecular formula is C20H18ClFN4O. The Bertz CT molecular complexity index is 995. The van der Waals surface area contributed by atoms with Crippen molar-refractivity contribution in [3.63, 3.8) is 0 Å². The molecule has 1 aromatic carbocycles. The monoisotopic (exact) mass is 384 g/mol. The summed E-state index contributed by atoms with van der Waals surface area (Å²) in [6, 6.07) is 8.09. The van der Waals surface area contributed by atoms with Crippen molar-refractivity contribution in [2.24, 2.45) is 0 Å². The molecule has 0 spiro atoms. The summed E-state index contributed by atoms with van der Waals surface area (Å²) in [4.78, 5) is 21.0. The highest BCUT2D eigenvalue weighted by Gasteiger charge is 2.44. The van der Waals surface area contributed by atoms with E-state index in [0.29, 0.717) is 22.9 Å². The minimum absolute atomic E-state index is 0.102. The zero-order valence-electron chi connectivity index (χ0n) is 14.7.